The monoisotopic (exact) mass is 252 g/mol. The van der Waals surface area contributed by atoms with Crippen LogP contribution in [0.5, 0.6) is 0 Å². The molecule has 1 heterocycles. The molecular formula is C11H19F3N2O. The van der Waals surface area contributed by atoms with Gasteiger partial charge in [0, 0.05) is 19.0 Å². The molecule has 17 heavy (non-hydrogen) atoms. The van der Waals surface area contributed by atoms with Crippen molar-refractivity contribution >= 4 is 5.91 Å². The van der Waals surface area contributed by atoms with Gasteiger partial charge in [-0.3, -0.25) is 4.79 Å². The Morgan fingerprint density at radius 3 is 2.76 bits per heavy atom. The average Bonchev–Trinajstić information content (AvgIpc) is 2.24. The van der Waals surface area contributed by atoms with Gasteiger partial charge in [0.05, 0.1) is 6.42 Å². The molecule has 6 heteroatoms. The first-order valence-electron chi connectivity index (χ1n) is 5.95. The van der Waals surface area contributed by atoms with Crippen LogP contribution in [-0.2, 0) is 4.79 Å². The number of hydrogen-bond donors (Lipinski definition) is 2. The molecule has 2 atom stereocenters. The van der Waals surface area contributed by atoms with E-state index in [1.54, 1.807) is 0 Å². The van der Waals surface area contributed by atoms with Crippen LogP contribution in [-0.4, -0.2) is 31.2 Å². The van der Waals surface area contributed by atoms with Crippen LogP contribution < -0.4 is 10.6 Å². The first-order valence-corrected chi connectivity index (χ1v) is 5.95. The molecule has 3 nitrogen and oxygen atoms in total. The molecule has 1 aliphatic heterocycles. The van der Waals surface area contributed by atoms with E-state index in [1.807, 2.05) is 0 Å². The van der Waals surface area contributed by atoms with E-state index >= 15 is 0 Å². The lowest BCUT2D eigenvalue weighted by molar-refractivity contribution is -0.144. The summed E-state index contributed by atoms with van der Waals surface area (Å²) in [5.41, 5.74) is 0. The number of carbonyl (C=O) groups excluding carboxylic acids is 1. The molecule has 1 rings (SSSR count). The smallest absolute Gasteiger partial charge is 0.355 e. The summed E-state index contributed by atoms with van der Waals surface area (Å²) >= 11 is 0. The first-order chi connectivity index (χ1) is 7.88. The van der Waals surface area contributed by atoms with Crippen LogP contribution >= 0.6 is 0 Å². The zero-order valence-corrected chi connectivity index (χ0v) is 9.94. The summed E-state index contributed by atoms with van der Waals surface area (Å²) in [4.78, 5) is 11.2. The number of carbonyl (C=O) groups is 1. The molecule has 0 bridgehead atoms. The molecule has 0 saturated carbocycles. The van der Waals surface area contributed by atoms with Crippen LogP contribution in [0.3, 0.4) is 0 Å². The van der Waals surface area contributed by atoms with E-state index in [-0.39, 0.29) is 6.04 Å². The van der Waals surface area contributed by atoms with Crippen LogP contribution in [0.2, 0.25) is 0 Å². The Labute approximate surface area is 99.1 Å². The Balaban J connectivity index is 2.19. The van der Waals surface area contributed by atoms with E-state index in [0.29, 0.717) is 12.5 Å². The van der Waals surface area contributed by atoms with Crippen molar-refractivity contribution in [2.45, 2.75) is 44.8 Å². The van der Waals surface area contributed by atoms with Gasteiger partial charge in [0.25, 0.3) is 0 Å². The van der Waals surface area contributed by atoms with Crippen LogP contribution in [0.15, 0.2) is 0 Å². The van der Waals surface area contributed by atoms with Gasteiger partial charge in [0.2, 0.25) is 5.91 Å². The van der Waals surface area contributed by atoms with Gasteiger partial charge < -0.3 is 10.6 Å². The molecule has 0 spiro atoms. The largest absolute Gasteiger partial charge is 0.389 e. The molecule has 0 unspecified atom stereocenters. The maximum absolute atomic E-state index is 11.9. The van der Waals surface area contributed by atoms with E-state index in [2.05, 4.69) is 17.6 Å². The Morgan fingerprint density at radius 2 is 2.18 bits per heavy atom. The van der Waals surface area contributed by atoms with Gasteiger partial charge in [-0.25, -0.2) is 0 Å². The molecule has 1 saturated heterocycles. The molecule has 0 aromatic rings. The highest BCUT2D eigenvalue weighted by Crippen LogP contribution is 2.21. The van der Waals surface area contributed by atoms with Crippen molar-refractivity contribution in [3.05, 3.63) is 0 Å². The fourth-order valence-corrected chi connectivity index (χ4v) is 1.95. The highest BCUT2D eigenvalue weighted by Gasteiger charge is 2.28. The number of amides is 1. The van der Waals surface area contributed by atoms with Gasteiger partial charge >= 0.3 is 6.18 Å². The van der Waals surface area contributed by atoms with Gasteiger partial charge in [-0.15, -0.1) is 0 Å². The van der Waals surface area contributed by atoms with Crippen molar-refractivity contribution in [3.8, 4) is 0 Å². The highest BCUT2D eigenvalue weighted by molar-refractivity contribution is 5.75. The third-order valence-electron chi connectivity index (χ3n) is 3.08. The minimum absolute atomic E-state index is 0.179. The Morgan fingerprint density at radius 1 is 1.47 bits per heavy atom. The predicted octanol–water partition coefficient (Wildman–Crippen LogP) is 1.83. The first kappa shape index (κ1) is 14.3. The maximum atomic E-state index is 11.9. The van der Waals surface area contributed by atoms with Crippen molar-refractivity contribution in [1.29, 1.82) is 0 Å². The number of rotatable bonds is 4. The summed E-state index contributed by atoms with van der Waals surface area (Å²) in [6.07, 6.45) is -3.58. The predicted molar refractivity (Wildman–Crippen MR) is 58.5 cm³/mol. The van der Waals surface area contributed by atoms with Crippen LogP contribution in [0.1, 0.15) is 32.6 Å². The molecule has 1 aliphatic rings. The van der Waals surface area contributed by atoms with Crippen LogP contribution in [0.25, 0.3) is 0 Å². The molecule has 2 N–H and O–H groups in total. The van der Waals surface area contributed by atoms with Gasteiger partial charge in [0.15, 0.2) is 0 Å². The zero-order valence-electron chi connectivity index (χ0n) is 9.94. The minimum Gasteiger partial charge on any atom is -0.355 e. The second kappa shape index (κ2) is 6.23. The fraction of sp³-hybridized carbons (Fsp3) is 0.909. The van der Waals surface area contributed by atoms with E-state index in [1.165, 1.54) is 0 Å². The topological polar surface area (TPSA) is 41.1 Å². The summed E-state index contributed by atoms with van der Waals surface area (Å²) < 4.78 is 35.6. The van der Waals surface area contributed by atoms with Gasteiger partial charge in [-0.2, -0.15) is 13.2 Å². The summed E-state index contributed by atoms with van der Waals surface area (Å²) in [6.45, 7) is 3.41. The van der Waals surface area contributed by atoms with Crippen LogP contribution in [0.4, 0.5) is 13.2 Å². The molecule has 0 aromatic carbocycles. The van der Waals surface area contributed by atoms with Gasteiger partial charge in [0.1, 0.15) is 0 Å². The van der Waals surface area contributed by atoms with Crippen molar-refractivity contribution < 1.29 is 18.0 Å². The number of nitrogens with one attached hydrogen (secondary N) is 2. The second-order valence-corrected chi connectivity index (χ2v) is 4.60. The van der Waals surface area contributed by atoms with Crippen molar-refractivity contribution in [3.63, 3.8) is 0 Å². The third kappa shape index (κ3) is 5.91. The van der Waals surface area contributed by atoms with Crippen molar-refractivity contribution in [2.75, 3.05) is 13.1 Å². The van der Waals surface area contributed by atoms with Gasteiger partial charge in [-0.1, -0.05) is 6.92 Å². The summed E-state index contributed by atoms with van der Waals surface area (Å²) in [6, 6.07) is 0.179. The highest BCUT2D eigenvalue weighted by atomic mass is 19.4. The normalized spacial score (nSPS) is 25.6. The zero-order chi connectivity index (χ0) is 12.9. The lowest BCUT2D eigenvalue weighted by Crippen LogP contribution is -2.47. The summed E-state index contributed by atoms with van der Waals surface area (Å²) in [5.74, 6) is -0.0754. The Kier molecular flexibility index (Phi) is 5.24. The summed E-state index contributed by atoms with van der Waals surface area (Å²) in [7, 11) is 0. The minimum atomic E-state index is -4.26. The van der Waals surface area contributed by atoms with E-state index in [4.69, 9.17) is 0 Å². The fourth-order valence-electron chi connectivity index (χ4n) is 1.95. The van der Waals surface area contributed by atoms with Gasteiger partial charge in [-0.05, 0) is 25.3 Å². The third-order valence-corrected chi connectivity index (χ3v) is 3.08. The number of hydrogen-bond acceptors (Lipinski definition) is 2. The average molecular weight is 252 g/mol. The SMILES string of the molecule is C[C@@H]1CCCN[C@@H]1CNC(=O)CCC(F)(F)F. The van der Waals surface area contributed by atoms with Crippen molar-refractivity contribution in [2.24, 2.45) is 5.92 Å². The standard InChI is InChI=1S/C11H19F3N2O/c1-8-3-2-6-15-9(8)7-16-10(17)4-5-11(12,13)14/h8-9,15H,2-7H2,1H3,(H,16,17)/t8-,9-/m1/s1. The second-order valence-electron chi connectivity index (χ2n) is 4.60. The molecule has 100 valence electrons. The number of piperidine rings is 1. The quantitative estimate of drug-likeness (QED) is 0.801. The summed E-state index contributed by atoms with van der Waals surface area (Å²) in [5, 5.41) is 5.81. The van der Waals surface area contributed by atoms with E-state index < -0.39 is 24.9 Å². The molecule has 1 fully saturated rings. The molecule has 0 radical (unpaired) electrons. The maximum Gasteiger partial charge on any atom is 0.389 e. The van der Waals surface area contributed by atoms with E-state index in [9.17, 15) is 18.0 Å². The number of alkyl halides is 3. The lowest BCUT2D eigenvalue weighted by atomic mass is 9.93. The lowest BCUT2D eigenvalue weighted by Gasteiger charge is -2.30. The molecule has 1 amide bonds. The molecule has 0 aliphatic carbocycles. The Bertz CT molecular complexity index is 256. The Hall–Kier alpha value is -0.780. The van der Waals surface area contributed by atoms with E-state index in [0.717, 1.165) is 19.4 Å². The number of halogens is 3. The van der Waals surface area contributed by atoms with Crippen LogP contribution in [0, 0.1) is 5.92 Å². The molecular weight excluding hydrogens is 233 g/mol. The van der Waals surface area contributed by atoms with Crippen molar-refractivity contribution in [1.82, 2.24) is 10.6 Å². The molecule has 0 aromatic heterocycles.